The van der Waals surface area contributed by atoms with Crippen LogP contribution in [0.1, 0.15) is 27.2 Å². The Morgan fingerprint density at radius 3 is 2.38 bits per heavy atom. The van der Waals surface area contributed by atoms with Crippen LogP contribution in [-0.2, 0) is 9.84 Å². The van der Waals surface area contributed by atoms with Crippen molar-refractivity contribution in [1.82, 2.24) is 10.2 Å². The molecule has 7 heteroatoms. The summed E-state index contributed by atoms with van der Waals surface area (Å²) in [5.74, 6) is 2.94. The third-order valence-corrected chi connectivity index (χ3v) is 5.51. The molecule has 1 fully saturated rings. The molecule has 1 saturated heterocycles. The first-order chi connectivity index (χ1) is 12.3. The van der Waals surface area contributed by atoms with E-state index >= 15 is 0 Å². The number of benzene rings is 1. The zero-order chi connectivity index (χ0) is 19.2. The van der Waals surface area contributed by atoms with E-state index in [-0.39, 0.29) is 0 Å². The number of guanidine groups is 1. The number of nitrogens with one attached hydrogen (secondary N) is 1. The van der Waals surface area contributed by atoms with E-state index in [1.54, 1.807) is 24.3 Å². The van der Waals surface area contributed by atoms with Gasteiger partial charge in [-0.1, -0.05) is 13.8 Å². The van der Waals surface area contributed by atoms with Gasteiger partial charge in [0.1, 0.15) is 12.4 Å². The summed E-state index contributed by atoms with van der Waals surface area (Å²) < 4.78 is 28.6. The molecule has 0 spiro atoms. The second kappa shape index (κ2) is 9.26. The van der Waals surface area contributed by atoms with Crippen molar-refractivity contribution in [3.05, 3.63) is 24.3 Å². The third kappa shape index (κ3) is 6.20. The highest BCUT2D eigenvalue weighted by Crippen LogP contribution is 2.21. The molecule has 0 radical (unpaired) electrons. The van der Waals surface area contributed by atoms with Gasteiger partial charge in [0.25, 0.3) is 0 Å². The van der Waals surface area contributed by atoms with Crippen LogP contribution in [0.25, 0.3) is 0 Å². The Morgan fingerprint density at radius 2 is 1.85 bits per heavy atom. The third-order valence-electron chi connectivity index (χ3n) is 4.38. The predicted octanol–water partition coefficient (Wildman–Crippen LogP) is 2.41. The molecule has 6 nitrogen and oxygen atoms in total. The Hall–Kier alpha value is -1.76. The molecule has 1 aliphatic rings. The molecule has 0 amide bonds. The summed E-state index contributed by atoms with van der Waals surface area (Å²) >= 11 is 0. The van der Waals surface area contributed by atoms with Gasteiger partial charge >= 0.3 is 0 Å². The molecule has 0 bridgehead atoms. The second-order valence-corrected chi connectivity index (χ2v) is 9.19. The van der Waals surface area contributed by atoms with Crippen molar-refractivity contribution in [2.24, 2.45) is 16.8 Å². The number of nitrogens with zero attached hydrogens (tertiary/aromatic N) is 2. The van der Waals surface area contributed by atoms with E-state index in [0.29, 0.717) is 35.6 Å². The lowest BCUT2D eigenvalue weighted by Gasteiger charge is -2.37. The van der Waals surface area contributed by atoms with Crippen molar-refractivity contribution < 1.29 is 13.2 Å². The van der Waals surface area contributed by atoms with Gasteiger partial charge in [-0.3, -0.25) is 0 Å². The number of ether oxygens (including phenoxy) is 1. The minimum absolute atomic E-state index is 0.297. The average Bonchev–Trinajstić information content (AvgIpc) is 2.56. The van der Waals surface area contributed by atoms with Gasteiger partial charge in [-0.15, -0.1) is 0 Å². The Labute approximate surface area is 157 Å². The van der Waals surface area contributed by atoms with Crippen molar-refractivity contribution >= 4 is 15.8 Å². The van der Waals surface area contributed by atoms with Gasteiger partial charge < -0.3 is 15.0 Å². The van der Waals surface area contributed by atoms with Crippen LogP contribution in [0.15, 0.2) is 34.2 Å². The van der Waals surface area contributed by atoms with Gasteiger partial charge in [-0.25, -0.2) is 13.4 Å². The average molecular weight is 382 g/mol. The molecule has 2 unspecified atom stereocenters. The molecule has 0 saturated carbocycles. The number of likely N-dealkylation sites (tertiary alicyclic amines) is 1. The standard InChI is InChI=1S/C19H31N3O3S/c1-5-20-19(22-13-15(2)12-16(3)14-22)21-10-11-25-17-6-8-18(9-7-17)26(4,23)24/h6-9,15-16H,5,10-14H2,1-4H3,(H,20,21). The number of sulfone groups is 1. The lowest BCUT2D eigenvalue weighted by atomic mass is 9.92. The smallest absolute Gasteiger partial charge is 0.194 e. The van der Waals surface area contributed by atoms with Crippen LogP contribution in [0.3, 0.4) is 0 Å². The second-order valence-electron chi connectivity index (χ2n) is 7.18. The summed E-state index contributed by atoms with van der Waals surface area (Å²) in [6, 6.07) is 6.49. The molecule has 1 aromatic carbocycles. The first-order valence-electron chi connectivity index (χ1n) is 9.25. The fourth-order valence-electron chi connectivity index (χ4n) is 3.36. The Morgan fingerprint density at radius 1 is 1.23 bits per heavy atom. The molecular formula is C19H31N3O3S. The maximum Gasteiger partial charge on any atom is 0.194 e. The first kappa shape index (κ1) is 20.6. The Kier molecular flexibility index (Phi) is 7.32. The van der Waals surface area contributed by atoms with Crippen molar-refractivity contribution in [1.29, 1.82) is 0 Å². The SMILES string of the molecule is CCNC(=NCCOc1ccc(S(C)(=O)=O)cc1)N1CC(C)CC(C)C1. The molecule has 1 aromatic rings. The molecule has 1 aliphatic heterocycles. The number of hydrogen-bond donors (Lipinski definition) is 1. The maximum atomic E-state index is 11.5. The van der Waals surface area contributed by atoms with E-state index < -0.39 is 9.84 Å². The monoisotopic (exact) mass is 381 g/mol. The fourth-order valence-corrected chi connectivity index (χ4v) is 3.99. The van der Waals surface area contributed by atoms with Gasteiger partial charge in [-0.2, -0.15) is 0 Å². The molecule has 1 heterocycles. The van der Waals surface area contributed by atoms with Crippen LogP contribution >= 0.6 is 0 Å². The molecule has 2 rings (SSSR count). The topological polar surface area (TPSA) is 71.0 Å². The van der Waals surface area contributed by atoms with Crippen LogP contribution in [-0.4, -0.2) is 58.3 Å². The fraction of sp³-hybridized carbons (Fsp3) is 0.632. The minimum atomic E-state index is -3.18. The predicted molar refractivity (Wildman–Crippen MR) is 106 cm³/mol. The van der Waals surface area contributed by atoms with Gasteiger partial charge in [-0.05, 0) is 49.4 Å². The van der Waals surface area contributed by atoms with Crippen molar-refractivity contribution in [2.45, 2.75) is 32.1 Å². The van der Waals surface area contributed by atoms with Crippen LogP contribution in [0.5, 0.6) is 5.75 Å². The summed E-state index contributed by atoms with van der Waals surface area (Å²) in [4.78, 5) is 7.32. The van der Waals surface area contributed by atoms with E-state index in [4.69, 9.17) is 4.74 Å². The largest absolute Gasteiger partial charge is 0.492 e. The summed E-state index contributed by atoms with van der Waals surface area (Å²) in [5, 5.41) is 3.37. The lowest BCUT2D eigenvalue weighted by molar-refractivity contribution is 0.208. The van der Waals surface area contributed by atoms with Crippen LogP contribution in [0.2, 0.25) is 0 Å². The lowest BCUT2D eigenvalue weighted by Crippen LogP contribution is -2.48. The van der Waals surface area contributed by atoms with E-state index in [2.05, 4.69) is 36.0 Å². The van der Waals surface area contributed by atoms with E-state index in [0.717, 1.165) is 25.6 Å². The molecule has 26 heavy (non-hydrogen) atoms. The molecule has 0 aromatic heterocycles. The summed E-state index contributed by atoms with van der Waals surface area (Å²) in [7, 11) is -3.18. The molecule has 2 atom stereocenters. The van der Waals surface area contributed by atoms with E-state index in [1.165, 1.54) is 12.7 Å². The zero-order valence-electron chi connectivity index (χ0n) is 16.2. The highest BCUT2D eigenvalue weighted by atomic mass is 32.2. The van der Waals surface area contributed by atoms with Crippen molar-refractivity contribution in [3.63, 3.8) is 0 Å². The van der Waals surface area contributed by atoms with Crippen molar-refractivity contribution in [3.8, 4) is 5.75 Å². The normalized spacial score (nSPS) is 21.5. The van der Waals surface area contributed by atoms with Crippen LogP contribution in [0.4, 0.5) is 0 Å². The summed E-state index contributed by atoms with van der Waals surface area (Å²) in [6.45, 7) is 10.6. The Balaban J connectivity index is 1.90. The van der Waals surface area contributed by atoms with Gasteiger partial charge in [0.2, 0.25) is 0 Å². The maximum absolute atomic E-state index is 11.5. The quantitative estimate of drug-likeness (QED) is 0.465. The Bertz CT molecular complexity index is 691. The molecule has 0 aliphatic carbocycles. The van der Waals surface area contributed by atoms with Gasteiger partial charge in [0.15, 0.2) is 15.8 Å². The van der Waals surface area contributed by atoms with Crippen molar-refractivity contribution in [2.75, 3.05) is 39.0 Å². The minimum Gasteiger partial charge on any atom is -0.492 e. The summed E-state index contributed by atoms with van der Waals surface area (Å²) in [5.41, 5.74) is 0. The summed E-state index contributed by atoms with van der Waals surface area (Å²) in [6.07, 6.45) is 2.46. The molecule has 146 valence electrons. The molecular weight excluding hydrogens is 350 g/mol. The number of hydrogen-bond acceptors (Lipinski definition) is 4. The van der Waals surface area contributed by atoms with Gasteiger partial charge in [0, 0.05) is 25.9 Å². The van der Waals surface area contributed by atoms with Gasteiger partial charge in [0.05, 0.1) is 11.4 Å². The molecule has 1 N–H and O–H groups in total. The first-order valence-corrected chi connectivity index (χ1v) is 11.1. The number of piperidine rings is 1. The number of rotatable bonds is 6. The number of aliphatic imine (C=N–C) groups is 1. The highest BCUT2D eigenvalue weighted by molar-refractivity contribution is 7.90. The van der Waals surface area contributed by atoms with Crippen LogP contribution in [0, 0.1) is 11.8 Å². The van der Waals surface area contributed by atoms with E-state index in [1.807, 2.05) is 0 Å². The van der Waals surface area contributed by atoms with E-state index in [9.17, 15) is 8.42 Å². The van der Waals surface area contributed by atoms with Crippen LogP contribution < -0.4 is 10.1 Å². The highest BCUT2D eigenvalue weighted by Gasteiger charge is 2.23. The zero-order valence-corrected chi connectivity index (χ0v) is 17.1.